The molecule has 0 fully saturated rings. The van der Waals surface area contributed by atoms with Gasteiger partial charge in [0.1, 0.15) is 18.2 Å². The molecule has 0 bridgehead atoms. The summed E-state index contributed by atoms with van der Waals surface area (Å²) < 4.78 is 18.5. The van der Waals surface area contributed by atoms with Gasteiger partial charge in [-0.15, -0.1) is 0 Å². The molecule has 0 spiro atoms. The standard InChI is InChI=1S/C19H20FN3O3/c1-13(2)22-18(24)19(25)23-21-11-15-4-3-5-17(10-15)26-12-14-6-8-16(20)9-7-14/h3-11,13H,12H2,1-2H3,(H,22,24)(H,23,25)/b21-11-. The van der Waals surface area contributed by atoms with E-state index in [2.05, 4.69) is 15.8 Å². The summed E-state index contributed by atoms with van der Waals surface area (Å²) in [6.45, 7) is 3.81. The van der Waals surface area contributed by atoms with Crippen molar-refractivity contribution < 1.29 is 18.7 Å². The average Bonchev–Trinajstić information content (AvgIpc) is 2.61. The summed E-state index contributed by atoms with van der Waals surface area (Å²) in [5.41, 5.74) is 3.69. The van der Waals surface area contributed by atoms with Gasteiger partial charge in [-0.1, -0.05) is 24.3 Å². The number of carbonyl (C=O) groups is 2. The summed E-state index contributed by atoms with van der Waals surface area (Å²) in [6, 6.07) is 13.0. The van der Waals surface area contributed by atoms with Gasteiger partial charge in [0, 0.05) is 6.04 Å². The Morgan fingerprint density at radius 3 is 2.58 bits per heavy atom. The molecule has 26 heavy (non-hydrogen) atoms. The molecule has 2 N–H and O–H groups in total. The Hall–Kier alpha value is -3.22. The zero-order chi connectivity index (χ0) is 18.9. The van der Waals surface area contributed by atoms with Crippen molar-refractivity contribution in [2.24, 2.45) is 5.10 Å². The molecule has 2 amide bonds. The van der Waals surface area contributed by atoms with Gasteiger partial charge in [-0.05, 0) is 49.2 Å². The molecule has 0 heterocycles. The zero-order valence-corrected chi connectivity index (χ0v) is 14.5. The highest BCUT2D eigenvalue weighted by Gasteiger charge is 2.12. The fraction of sp³-hybridized carbons (Fsp3) is 0.211. The van der Waals surface area contributed by atoms with Crippen LogP contribution in [0.25, 0.3) is 0 Å². The summed E-state index contributed by atoms with van der Waals surface area (Å²) >= 11 is 0. The number of amides is 2. The van der Waals surface area contributed by atoms with E-state index >= 15 is 0 Å². The number of carbonyl (C=O) groups excluding carboxylic acids is 2. The van der Waals surface area contributed by atoms with Gasteiger partial charge in [-0.25, -0.2) is 9.82 Å². The Kier molecular flexibility index (Phi) is 6.84. The third kappa shape index (κ3) is 6.35. The van der Waals surface area contributed by atoms with Gasteiger partial charge in [-0.3, -0.25) is 9.59 Å². The second-order valence-electron chi connectivity index (χ2n) is 5.81. The Labute approximate surface area is 151 Å². The lowest BCUT2D eigenvalue weighted by Crippen LogP contribution is -2.41. The van der Waals surface area contributed by atoms with Crippen LogP contribution in [0.3, 0.4) is 0 Å². The van der Waals surface area contributed by atoms with Crippen LogP contribution >= 0.6 is 0 Å². The number of ether oxygens (including phenoxy) is 1. The first-order valence-electron chi connectivity index (χ1n) is 8.05. The first-order valence-corrected chi connectivity index (χ1v) is 8.05. The van der Waals surface area contributed by atoms with Crippen molar-refractivity contribution in [1.82, 2.24) is 10.7 Å². The molecule has 0 aromatic heterocycles. The molecule has 0 saturated heterocycles. The van der Waals surface area contributed by atoms with Crippen LogP contribution < -0.4 is 15.5 Å². The molecule has 6 nitrogen and oxygen atoms in total. The second-order valence-corrected chi connectivity index (χ2v) is 5.81. The molecular formula is C19H20FN3O3. The molecule has 0 unspecified atom stereocenters. The van der Waals surface area contributed by atoms with Crippen LogP contribution in [0.1, 0.15) is 25.0 Å². The van der Waals surface area contributed by atoms with E-state index in [-0.39, 0.29) is 11.9 Å². The van der Waals surface area contributed by atoms with E-state index < -0.39 is 11.8 Å². The smallest absolute Gasteiger partial charge is 0.329 e. The Balaban J connectivity index is 1.88. The second kappa shape index (κ2) is 9.31. The van der Waals surface area contributed by atoms with Crippen LogP contribution in [-0.4, -0.2) is 24.1 Å². The molecule has 0 aliphatic heterocycles. The Bertz CT molecular complexity index is 789. The van der Waals surface area contributed by atoms with Gasteiger partial charge in [0.25, 0.3) is 0 Å². The maximum Gasteiger partial charge on any atom is 0.329 e. The largest absolute Gasteiger partial charge is 0.489 e. The van der Waals surface area contributed by atoms with E-state index in [0.717, 1.165) is 5.56 Å². The first kappa shape index (κ1) is 19.1. The third-order valence-electron chi connectivity index (χ3n) is 3.18. The van der Waals surface area contributed by atoms with E-state index in [1.807, 2.05) is 0 Å². The van der Waals surface area contributed by atoms with Crippen LogP contribution in [0.5, 0.6) is 5.75 Å². The van der Waals surface area contributed by atoms with Crippen molar-refractivity contribution in [2.45, 2.75) is 26.5 Å². The van der Waals surface area contributed by atoms with Crippen molar-refractivity contribution in [1.29, 1.82) is 0 Å². The number of halogens is 1. The number of hydrogen-bond donors (Lipinski definition) is 2. The third-order valence-corrected chi connectivity index (χ3v) is 3.18. The minimum atomic E-state index is -0.835. The molecule has 2 rings (SSSR count). The predicted molar refractivity (Wildman–Crippen MR) is 96.2 cm³/mol. The van der Waals surface area contributed by atoms with E-state index in [4.69, 9.17) is 4.74 Å². The molecule has 7 heteroatoms. The van der Waals surface area contributed by atoms with Gasteiger partial charge in [0.15, 0.2) is 0 Å². The molecule has 0 saturated carbocycles. The Morgan fingerprint density at radius 1 is 1.15 bits per heavy atom. The SMILES string of the molecule is CC(C)NC(=O)C(=O)N/N=C\c1cccc(OCc2ccc(F)cc2)c1. The topological polar surface area (TPSA) is 79.8 Å². The van der Waals surface area contributed by atoms with Crippen LogP contribution in [0, 0.1) is 5.82 Å². The minimum Gasteiger partial charge on any atom is -0.489 e. The Morgan fingerprint density at radius 2 is 1.88 bits per heavy atom. The molecule has 2 aromatic carbocycles. The highest BCUT2D eigenvalue weighted by molar-refractivity contribution is 6.35. The van der Waals surface area contributed by atoms with Crippen molar-refractivity contribution in [3.05, 3.63) is 65.5 Å². The highest BCUT2D eigenvalue weighted by atomic mass is 19.1. The van der Waals surface area contributed by atoms with Crippen molar-refractivity contribution in [3.8, 4) is 5.75 Å². The lowest BCUT2D eigenvalue weighted by Gasteiger charge is -2.07. The van der Waals surface area contributed by atoms with Crippen molar-refractivity contribution in [3.63, 3.8) is 0 Å². The molecular weight excluding hydrogens is 337 g/mol. The predicted octanol–water partition coefficient (Wildman–Crippen LogP) is 2.38. The fourth-order valence-corrected chi connectivity index (χ4v) is 1.98. The van der Waals surface area contributed by atoms with Crippen molar-refractivity contribution in [2.75, 3.05) is 0 Å². The lowest BCUT2D eigenvalue weighted by molar-refractivity contribution is -0.139. The number of nitrogens with zero attached hydrogens (tertiary/aromatic N) is 1. The maximum absolute atomic E-state index is 12.9. The van der Waals surface area contributed by atoms with E-state index in [1.54, 1.807) is 50.2 Å². The molecule has 2 aromatic rings. The van der Waals surface area contributed by atoms with Gasteiger partial charge in [0.05, 0.1) is 6.21 Å². The normalized spacial score (nSPS) is 10.8. The zero-order valence-electron chi connectivity index (χ0n) is 14.5. The van der Waals surface area contributed by atoms with Crippen LogP contribution in [0.15, 0.2) is 53.6 Å². The molecule has 0 aliphatic carbocycles. The van der Waals surface area contributed by atoms with E-state index in [0.29, 0.717) is 17.9 Å². The minimum absolute atomic E-state index is 0.132. The number of rotatable bonds is 6. The molecule has 0 atom stereocenters. The number of hydrazone groups is 1. The highest BCUT2D eigenvalue weighted by Crippen LogP contribution is 2.14. The molecule has 136 valence electrons. The van der Waals surface area contributed by atoms with Crippen LogP contribution in [0.4, 0.5) is 4.39 Å². The number of benzene rings is 2. The average molecular weight is 357 g/mol. The first-order chi connectivity index (χ1) is 12.4. The van der Waals surface area contributed by atoms with Gasteiger partial charge in [-0.2, -0.15) is 5.10 Å². The molecule has 0 radical (unpaired) electrons. The molecule has 0 aliphatic rings. The summed E-state index contributed by atoms with van der Waals surface area (Å²) in [5.74, 6) is -1.27. The fourth-order valence-electron chi connectivity index (χ4n) is 1.98. The van der Waals surface area contributed by atoms with Crippen LogP contribution in [0.2, 0.25) is 0 Å². The van der Waals surface area contributed by atoms with Gasteiger partial charge < -0.3 is 10.1 Å². The van der Waals surface area contributed by atoms with Gasteiger partial charge >= 0.3 is 11.8 Å². The van der Waals surface area contributed by atoms with Gasteiger partial charge in [0.2, 0.25) is 0 Å². The summed E-state index contributed by atoms with van der Waals surface area (Å²) in [5, 5.41) is 6.22. The van der Waals surface area contributed by atoms with E-state index in [1.165, 1.54) is 18.3 Å². The summed E-state index contributed by atoms with van der Waals surface area (Å²) in [4.78, 5) is 23.0. The number of nitrogens with one attached hydrogen (secondary N) is 2. The quantitative estimate of drug-likeness (QED) is 0.473. The number of hydrogen-bond acceptors (Lipinski definition) is 4. The lowest BCUT2D eigenvalue weighted by atomic mass is 10.2. The summed E-state index contributed by atoms with van der Waals surface area (Å²) in [6.07, 6.45) is 1.41. The van der Waals surface area contributed by atoms with Crippen LogP contribution in [-0.2, 0) is 16.2 Å². The summed E-state index contributed by atoms with van der Waals surface area (Å²) in [7, 11) is 0. The monoisotopic (exact) mass is 357 g/mol. The maximum atomic E-state index is 12.9. The van der Waals surface area contributed by atoms with E-state index in [9.17, 15) is 14.0 Å². The van der Waals surface area contributed by atoms with Crippen molar-refractivity contribution >= 4 is 18.0 Å².